The molecule has 2 aromatic rings. The Kier molecular flexibility index (Phi) is 6.23. The van der Waals surface area contributed by atoms with Gasteiger partial charge in [0.15, 0.2) is 0 Å². The van der Waals surface area contributed by atoms with Crippen LogP contribution in [0.15, 0.2) is 30.3 Å². The van der Waals surface area contributed by atoms with Crippen LogP contribution >= 0.6 is 34.8 Å². The molecule has 2 amide bonds. The first-order valence-corrected chi connectivity index (χ1v) is 7.73. The number of aliphatic hydroxyl groups is 1. The highest BCUT2D eigenvalue weighted by atomic mass is 35.5. The van der Waals surface area contributed by atoms with Crippen molar-refractivity contribution in [1.82, 2.24) is 5.32 Å². The maximum Gasteiger partial charge on any atom is 0.319 e. The average molecular weight is 396 g/mol. The monoisotopic (exact) mass is 394 g/mol. The molecule has 0 fully saturated rings. The summed E-state index contributed by atoms with van der Waals surface area (Å²) in [7, 11) is 0. The van der Waals surface area contributed by atoms with Crippen molar-refractivity contribution in [3.8, 4) is 0 Å². The Bertz CT molecular complexity index is 775. The Morgan fingerprint density at radius 2 is 1.75 bits per heavy atom. The molecule has 4 nitrogen and oxygen atoms in total. The lowest BCUT2D eigenvalue weighted by Crippen LogP contribution is -2.32. The number of halogens is 5. The summed E-state index contributed by atoms with van der Waals surface area (Å²) in [5.74, 6) is -1.67. The second-order valence-electron chi connectivity index (χ2n) is 4.76. The molecule has 128 valence electrons. The van der Waals surface area contributed by atoms with Gasteiger partial charge < -0.3 is 15.7 Å². The minimum atomic E-state index is -1.35. The summed E-state index contributed by atoms with van der Waals surface area (Å²) >= 11 is 17.5. The standard InChI is InChI=1S/C15H11Cl3F2N2O2/c16-9-4-11(18)13(5-10(9)17)22-15(24)21-6-14(23)8-2-1-7(19)3-12(8)20/h1-5,14,23H,6H2,(H2,21,22,24). The molecule has 0 saturated heterocycles. The summed E-state index contributed by atoms with van der Waals surface area (Å²) in [6.07, 6.45) is -1.35. The van der Waals surface area contributed by atoms with Crippen LogP contribution in [0.5, 0.6) is 0 Å². The van der Waals surface area contributed by atoms with Crippen molar-refractivity contribution in [2.24, 2.45) is 0 Å². The van der Waals surface area contributed by atoms with E-state index in [2.05, 4.69) is 10.6 Å². The largest absolute Gasteiger partial charge is 0.386 e. The number of carbonyl (C=O) groups is 1. The highest BCUT2D eigenvalue weighted by molar-refractivity contribution is 6.44. The summed E-state index contributed by atoms with van der Waals surface area (Å²) in [5, 5.41) is 15.2. The number of urea groups is 1. The molecule has 0 saturated carbocycles. The predicted molar refractivity (Wildman–Crippen MR) is 89.8 cm³/mol. The highest BCUT2D eigenvalue weighted by Gasteiger charge is 2.15. The van der Waals surface area contributed by atoms with E-state index >= 15 is 0 Å². The molecule has 1 unspecified atom stereocenters. The Morgan fingerprint density at radius 1 is 1.08 bits per heavy atom. The van der Waals surface area contributed by atoms with Crippen molar-refractivity contribution in [1.29, 1.82) is 0 Å². The fraction of sp³-hybridized carbons (Fsp3) is 0.133. The number of hydrogen-bond acceptors (Lipinski definition) is 2. The zero-order chi connectivity index (χ0) is 17.9. The maximum atomic E-state index is 13.5. The van der Waals surface area contributed by atoms with E-state index < -0.39 is 23.8 Å². The molecule has 0 heterocycles. The third-order valence-corrected chi connectivity index (χ3v) is 4.07. The van der Waals surface area contributed by atoms with E-state index in [4.69, 9.17) is 34.8 Å². The van der Waals surface area contributed by atoms with E-state index in [9.17, 15) is 18.7 Å². The lowest BCUT2D eigenvalue weighted by molar-refractivity contribution is 0.170. The summed E-state index contributed by atoms with van der Waals surface area (Å²) in [6.45, 7) is -0.298. The quantitative estimate of drug-likeness (QED) is 0.652. The number of hydrogen-bond donors (Lipinski definition) is 3. The van der Waals surface area contributed by atoms with E-state index in [1.54, 1.807) is 0 Å². The molecule has 9 heteroatoms. The van der Waals surface area contributed by atoms with Crippen molar-refractivity contribution in [3.05, 3.63) is 62.6 Å². The lowest BCUT2D eigenvalue weighted by Gasteiger charge is -2.14. The molecule has 0 aromatic heterocycles. The molecule has 2 aromatic carbocycles. The lowest BCUT2D eigenvalue weighted by atomic mass is 10.1. The number of rotatable bonds is 4. The van der Waals surface area contributed by atoms with Gasteiger partial charge in [0, 0.05) is 18.2 Å². The molecular formula is C15H11Cl3F2N2O2. The number of benzene rings is 2. The van der Waals surface area contributed by atoms with Crippen LogP contribution in [0.25, 0.3) is 0 Å². The van der Waals surface area contributed by atoms with E-state index in [0.29, 0.717) is 6.07 Å². The molecule has 0 radical (unpaired) electrons. The van der Waals surface area contributed by atoms with Gasteiger partial charge in [-0.15, -0.1) is 0 Å². The van der Waals surface area contributed by atoms with Crippen molar-refractivity contribution < 1.29 is 18.7 Å². The number of carbonyl (C=O) groups excluding carboxylic acids is 1. The molecule has 0 spiro atoms. The van der Waals surface area contributed by atoms with Gasteiger partial charge in [0.25, 0.3) is 0 Å². The van der Waals surface area contributed by atoms with Gasteiger partial charge in [-0.25, -0.2) is 13.6 Å². The summed E-state index contributed by atoms with van der Waals surface area (Å²) in [5.41, 5.74) is 0.0790. The fourth-order valence-electron chi connectivity index (χ4n) is 1.86. The van der Waals surface area contributed by atoms with Crippen molar-refractivity contribution in [3.63, 3.8) is 0 Å². The first kappa shape index (κ1) is 18.7. The predicted octanol–water partition coefficient (Wildman–Crippen LogP) is 4.78. The van der Waals surface area contributed by atoms with Crippen molar-refractivity contribution >= 4 is 46.5 Å². The van der Waals surface area contributed by atoms with Crippen LogP contribution in [0.2, 0.25) is 15.1 Å². The van der Waals surface area contributed by atoms with Gasteiger partial charge in [0.2, 0.25) is 0 Å². The molecule has 0 aliphatic rings. The first-order valence-electron chi connectivity index (χ1n) is 6.60. The van der Waals surface area contributed by atoms with E-state index in [1.807, 2.05) is 0 Å². The Hall–Kier alpha value is -1.60. The van der Waals surface area contributed by atoms with Crippen LogP contribution in [0, 0.1) is 11.6 Å². The molecule has 24 heavy (non-hydrogen) atoms. The zero-order valence-electron chi connectivity index (χ0n) is 11.9. The van der Waals surface area contributed by atoms with E-state index in [-0.39, 0.29) is 32.9 Å². The van der Waals surface area contributed by atoms with Crippen molar-refractivity contribution in [2.75, 3.05) is 11.9 Å². The van der Waals surface area contributed by atoms with Crippen molar-refractivity contribution in [2.45, 2.75) is 6.10 Å². The van der Waals surface area contributed by atoms with Crippen LogP contribution in [-0.2, 0) is 0 Å². The first-order chi connectivity index (χ1) is 11.3. The summed E-state index contributed by atoms with van der Waals surface area (Å²) < 4.78 is 26.4. The Balaban J connectivity index is 1.97. The Labute approximate surface area is 151 Å². The minimum absolute atomic E-state index is 0.135. The van der Waals surface area contributed by atoms with Gasteiger partial charge in [-0.1, -0.05) is 40.9 Å². The molecule has 0 aliphatic carbocycles. The number of aliphatic hydroxyl groups excluding tert-OH is 1. The molecule has 3 N–H and O–H groups in total. The van der Waals surface area contributed by atoms with Gasteiger partial charge in [-0.05, 0) is 18.2 Å². The van der Waals surface area contributed by atoms with Gasteiger partial charge in [-0.2, -0.15) is 0 Å². The number of nitrogens with one attached hydrogen (secondary N) is 2. The zero-order valence-corrected chi connectivity index (χ0v) is 14.2. The van der Waals surface area contributed by atoms with Crippen LogP contribution in [-0.4, -0.2) is 17.7 Å². The highest BCUT2D eigenvalue weighted by Crippen LogP contribution is 2.32. The van der Waals surface area contributed by atoms with E-state index in [0.717, 1.165) is 12.1 Å². The number of anilines is 1. The molecule has 0 aliphatic heterocycles. The van der Waals surface area contributed by atoms with Gasteiger partial charge >= 0.3 is 6.03 Å². The maximum absolute atomic E-state index is 13.5. The fourth-order valence-corrected chi connectivity index (χ4v) is 2.45. The second kappa shape index (κ2) is 7.98. The minimum Gasteiger partial charge on any atom is -0.386 e. The van der Waals surface area contributed by atoms with Crippen LogP contribution < -0.4 is 10.6 Å². The SMILES string of the molecule is O=C(NCC(O)c1ccc(F)cc1F)Nc1cc(Cl)c(Cl)cc1Cl. The van der Waals surface area contributed by atoms with Gasteiger partial charge in [-0.3, -0.25) is 0 Å². The second-order valence-corrected chi connectivity index (χ2v) is 5.98. The third-order valence-electron chi connectivity index (χ3n) is 3.04. The average Bonchev–Trinajstić information content (AvgIpc) is 2.50. The molecule has 0 bridgehead atoms. The van der Waals surface area contributed by atoms with Crippen LogP contribution in [0.4, 0.5) is 19.3 Å². The molecule has 2 rings (SSSR count). The van der Waals surface area contributed by atoms with Gasteiger partial charge in [0.1, 0.15) is 11.6 Å². The summed E-state index contributed by atoms with van der Waals surface area (Å²) in [6, 6.07) is 4.79. The summed E-state index contributed by atoms with van der Waals surface area (Å²) in [4.78, 5) is 11.8. The molecular weight excluding hydrogens is 385 g/mol. The normalized spacial score (nSPS) is 11.9. The Morgan fingerprint density at radius 3 is 2.42 bits per heavy atom. The molecule has 1 atom stereocenters. The van der Waals surface area contributed by atoms with Gasteiger partial charge in [0.05, 0.1) is 26.9 Å². The smallest absolute Gasteiger partial charge is 0.319 e. The van der Waals surface area contributed by atoms with Crippen LogP contribution in [0.3, 0.4) is 0 Å². The number of amides is 2. The third kappa shape index (κ3) is 4.70. The topological polar surface area (TPSA) is 61.4 Å². The van der Waals surface area contributed by atoms with Crippen LogP contribution in [0.1, 0.15) is 11.7 Å². The van der Waals surface area contributed by atoms with E-state index in [1.165, 1.54) is 12.1 Å².